The SMILES string of the molecule is CO/N=C(\C(=O)NC1C(=O)N2C(C(=O)O)=C(CSCc3cnc(N)nc3N)CSC12)c1csc(N)n1. The smallest absolute Gasteiger partial charge is 0.352 e. The molecule has 4 heterocycles. The van der Waals surface area contributed by atoms with Gasteiger partial charge in [0.2, 0.25) is 5.95 Å². The van der Waals surface area contributed by atoms with Gasteiger partial charge >= 0.3 is 5.97 Å². The van der Waals surface area contributed by atoms with Crippen molar-refractivity contribution in [1.29, 1.82) is 0 Å². The van der Waals surface area contributed by atoms with Crippen LogP contribution in [0.25, 0.3) is 0 Å². The minimum atomic E-state index is -1.22. The lowest BCUT2D eigenvalue weighted by molar-refractivity contribution is -0.150. The van der Waals surface area contributed by atoms with Crippen molar-refractivity contribution in [2.75, 3.05) is 35.8 Å². The second-order valence-corrected chi connectivity index (χ2v) is 10.4. The van der Waals surface area contributed by atoms with Crippen molar-refractivity contribution < 1.29 is 24.3 Å². The van der Waals surface area contributed by atoms with Crippen LogP contribution in [0.5, 0.6) is 0 Å². The number of rotatable bonds is 9. The van der Waals surface area contributed by atoms with Crippen molar-refractivity contribution >= 4 is 75.3 Å². The molecule has 2 aromatic heterocycles. The van der Waals surface area contributed by atoms with E-state index in [1.807, 2.05) is 0 Å². The maximum absolute atomic E-state index is 12.9. The first-order valence-electron chi connectivity index (χ1n) is 10.2. The molecule has 0 aliphatic carbocycles. The van der Waals surface area contributed by atoms with Gasteiger partial charge < -0.3 is 32.5 Å². The summed E-state index contributed by atoms with van der Waals surface area (Å²) in [5.74, 6) is -0.963. The average Bonchev–Trinajstić information content (AvgIpc) is 3.27. The van der Waals surface area contributed by atoms with Crippen LogP contribution < -0.4 is 22.5 Å². The number of aromatic nitrogens is 3. The largest absolute Gasteiger partial charge is 0.477 e. The Morgan fingerprint density at radius 3 is 2.75 bits per heavy atom. The molecular weight excluding hydrogens is 530 g/mol. The minimum absolute atomic E-state index is 0.0705. The molecule has 36 heavy (non-hydrogen) atoms. The van der Waals surface area contributed by atoms with E-state index in [1.54, 1.807) is 0 Å². The Morgan fingerprint density at radius 1 is 1.33 bits per heavy atom. The molecular formula is C19H21N9O5S3. The van der Waals surface area contributed by atoms with Crippen molar-refractivity contribution in [3.8, 4) is 0 Å². The second-order valence-electron chi connectivity index (χ2n) is 7.44. The fraction of sp³-hybridized carbons (Fsp3) is 0.316. The zero-order chi connectivity index (χ0) is 26.0. The number of hydrogen-bond donors (Lipinski definition) is 5. The Morgan fingerprint density at radius 2 is 2.11 bits per heavy atom. The first kappa shape index (κ1) is 25.5. The fourth-order valence-electron chi connectivity index (χ4n) is 3.53. The van der Waals surface area contributed by atoms with E-state index < -0.39 is 29.2 Å². The lowest BCUT2D eigenvalue weighted by Gasteiger charge is -2.49. The van der Waals surface area contributed by atoms with E-state index in [0.29, 0.717) is 28.4 Å². The van der Waals surface area contributed by atoms with Gasteiger partial charge in [-0.2, -0.15) is 16.7 Å². The molecule has 4 rings (SSSR count). The number of carboxylic acids is 1. The molecule has 0 bridgehead atoms. The predicted octanol–water partition coefficient (Wildman–Crippen LogP) is -0.298. The van der Waals surface area contributed by atoms with E-state index in [0.717, 1.165) is 11.3 Å². The van der Waals surface area contributed by atoms with E-state index in [-0.39, 0.29) is 34.0 Å². The van der Waals surface area contributed by atoms with Gasteiger partial charge in [0.05, 0.1) is 0 Å². The van der Waals surface area contributed by atoms with E-state index in [2.05, 4.69) is 25.4 Å². The summed E-state index contributed by atoms with van der Waals surface area (Å²) in [4.78, 5) is 55.6. The number of amides is 2. The van der Waals surface area contributed by atoms with Crippen molar-refractivity contribution in [3.63, 3.8) is 0 Å². The Balaban J connectivity index is 1.45. The number of nitrogen functional groups attached to an aromatic ring is 3. The first-order chi connectivity index (χ1) is 17.2. The quantitative estimate of drug-likeness (QED) is 0.153. The number of carbonyl (C=O) groups excluding carboxylic acids is 2. The monoisotopic (exact) mass is 551 g/mol. The number of thiazole rings is 1. The number of fused-ring (bicyclic) bond motifs is 1. The number of hydrogen-bond acceptors (Lipinski definition) is 14. The number of nitrogens with zero attached hydrogens (tertiary/aromatic N) is 5. The molecule has 2 unspecified atom stereocenters. The number of thioether (sulfide) groups is 2. The summed E-state index contributed by atoms with van der Waals surface area (Å²) >= 11 is 3.89. The molecule has 2 atom stereocenters. The van der Waals surface area contributed by atoms with Crippen LogP contribution in [-0.4, -0.2) is 78.5 Å². The number of anilines is 3. The fourth-order valence-corrected chi connectivity index (χ4v) is 6.58. The average molecular weight is 552 g/mol. The van der Waals surface area contributed by atoms with Crippen LogP contribution in [0.2, 0.25) is 0 Å². The molecule has 17 heteroatoms. The molecule has 2 amide bonds. The number of β-lactam (4-membered cyclic amide) rings is 1. The first-order valence-corrected chi connectivity index (χ1v) is 13.3. The molecule has 1 saturated heterocycles. The molecule has 0 saturated carbocycles. The van der Waals surface area contributed by atoms with Gasteiger partial charge in [0.15, 0.2) is 10.8 Å². The normalized spacial score (nSPS) is 19.5. The van der Waals surface area contributed by atoms with Crippen LogP contribution in [0.15, 0.2) is 28.0 Å². The molecule has 0 radical (unpaired) electrons. The van der Waals surface area contributed by atoms with Crippen molar-refractivity contribution in [1.82, 2.24) is 25.2 Å². The number of nitrogens with one attached hydrogen (secondary N) is 1. The zero-order valence-electron chi connectivity index (χ0n) is 18.7. The van der Waals surface area contributed by atoms with Gasteiger partial charge in [0, 0.05) is 34.4 Å². The molecule has 0 aromatic carbocycles. The van der Waals surface area contributed by atoms with Gasteiger partial charge in [-0.3, -0.25) is 14.5 Å². The summed E-state index contributed by atoms with van der Waals surface area (Å²) in [6.07, 6.45) is 1.52. The number of aliphatic carboxylic acids is 1. The van der Waals surface area contributed by atoms with Gasteiger partial charge in [0.1, 0.15) is 35.7 Å². The summed E-state index contributed by atoms with van der Waals surface area (Å²) in [7, 11) is 1.27. The van der Waals surface area contributed by atoms with Gasteiger partial charge in [0.25, 0.3) is 11.8 Å². The Labute approximate surface area is 216 Å². The van der Waals surface area contributed by atoms with Crippen LogP contribution in [0, 0.1) is 0 Å². The van der Waals surface area contributed by atoms with Crippen molar-refractivity contribution in [2.45, 2.75) is 17.2 Å². The number of nitrogens with two attached hydrogens (primary N) is 3. The third-order valence-corrected chi connectivity index (χ3v) is 8.23. The molecule has 0 spiro atoms. The molecule has 2 aliphatic rings. The molecule has 1 fully saturated rings. The van der Waals surface area contributed by atoms with Crippen molar-refractivity contribution in [3.05, 3.63) is 34.1 Å². The number of carbonyl (C=O) groups is 3. The lowest BCUT2D eigenvalue weighted by Crippen LogP contribution is -2.71. The summed E-state index contributed by atoms with van der Waals surface area (Å²) in [5.41, 5.74) is 18.2. The summed E-state index contributed by atoms with van der Waals surface area (Å²) < 4.78 is 0. The maximum Gasteiger partial charge on any atom is 0.352 e. The van der Waals surface area contributed by atoms with E-state index in [1.165, 1.54) is 47.1 Å². The lowest BCUT2D eigenvalue weighted by atomic mass is 10.0. The van der Waals surface area contributed by atoms with Crippen LogP contribution in [0.1, 0.15) is 11.3 Å². The summed E-state index contributed by atoms with van der Waals surface area (Å²) in [5, 5.41) is 17.4. The van der Waals surface area contributed by atoms with Gasteiger partial charge in [-0.1, -0.05) is 5.16 Å². The minimum Gasteiger partial charge on any atom is -0.477 e. The van der Waals surface area contributed by atoms with E-state index >= 15 is 0 Å². The van der Waals surface area contributed by atoms with Gasteiger partial charge in [-0.05, 0) is 5.57 Å². The number of oxime groups is 1. The highest BCUT2D eigenvalue weighted by Gasteiger charge is 2.54. The standard InChI is InChI=1S/C19H21N9O5S3/c1-33-27-10(9-6-36-19(22)24-9)14(29)25-11-15(30)28-12(17(31)32)8(5-35-16(11)28)4-34-3-7-2-23-18(21)26-13(7)20/h2,6,11,16H,3-5H2,1H3,(H2,22,24)(H,25,29)(H,31,32)(H4,20,21,23,26)/b27-10-. The Hall–Kier alpha value is -3.57. The molecule has 190 valence electrons. The van der Waals surface area contributed by atoms with E-state index in [4.69, 9.17) is 22.0 Å². The second kappa shape index (κ2) is 10.6. The molecule has 14 nitrogen and oxygen atoms in total. The highest BCUT2D eigenvalue weighted by Crippen LogP contribution is 2.41. The van der Waals surface area contributed by atoms with Gasteiger partial charge in [-0.15, -0.1) is 23.1 Å². The molecule has 2 aliphatic heterocycles. The summed E-state index contributed by atoms with van der Waals surface area (Å²) in [6.45, 7) is 0. The molecule has 2 aromatic rings. The van der Waals surface area contributed by atoms with Crippen LogP contribution >= 0.6 is 34.9 Å². The highest BCUT2D eigenvalue weighted by molar-refractivity contribution is 8.00. The predicted molar refractivity (Wildman–Crippen MR) is 137 cm³/mol. The van der Waals surface area contributed by atoms with Crippen LogP contribution in [0.3, 0.4) is 0 Å². The topological polar surface area (TPSA) is 225 Å². The zero-order valence-corrected chi connectivity index (χ0v) is 21.2. The maximum atomic E-state index is 12.9. The third kappa shape index (κ3) is 5.02. The van der Waals surface area contributed by atoms with Crippen LogP contribution in [0.4, 0.5) is 16.9 Å². The highest BCUT2D eigenvalue weighted by atomic mass is 32.2. The van der Waals surface area contributed by atoms with Crippen molar-refractivity contribution in [2.24, 2.45) is 5.16 Å². The molecule has 8 N–H and O–H groups in total. The Bertz CT molecular complexity index is 1280. The summed E-state index contributed by atoms with van der Waals surface area (Å²) in [6, 6.07) is -0.934. The van der Waals surface area contributed by atoms with Crippen LogP contribution in [-0.2, 0) is 25.0 Å². The third-order valence-electron chi connectivity index (χ3n) is 5.15. The Kier molecular flexibility index (Phi) is 7.51. The van der Waals surface area contributed by atoms with E-state index in [9.17, 15) is 19.5 Å². The van der Waals surface area contributed by atoms with Gasteiger partial charge in [-0.25, -0.2) is 14.8 Å². The number of carboxylic acid groups (broad SMARTS) is 1.